The van der Waals surface area contributed by atoms with Crippen LogP contribution in [0.1, 0.15) is 15.9 Å². The summed E-state index contributed by atoms with van der Waals surface area (Å²) in [6, 6.07) is 14.1. The van der Waals surface area contributed by atoms with Crippen LogP contribution in [-0.2, 0) is 0 Å². The molecule has 0 amide bonds. The van der Waals surface area contributed by atoms with Crippen molar-refractivity contribution in [1.82, 2.24) is 0 Å². The van der Waals surface area contributed by atoms with Crippen molar-refractivity contribution >= 4 is 30.1 Å². The summed E-state index contributed by atoms with van der Waals surface area (Å²) in [4.78, 5) is 14.1. The number of rotatable bonds is 5. The number of ketones is 1. The summed E-state index contributed by atoms with van der Waals surface area (Å²) in [6.45, 7) is 0. The Bertz CT molecular complexity index is 661. The molecule has 2 aromatic rings. The lowest BCUT2D eigenvalue weighted by Crippen LogP contribution is -2.29. The normalized spacial score (nSPS) is 10.7. The average molecular weight is 295 g/mol. The Morgan fingerprint density at radius 3 is 2.09 bits per heavy atom. The molecular weight excluding hydrogens is 277 g/mol. The zero-order valence-electron chi connectivity index (χ0n) is 12.6. The number of benzene rings is 2. The third-order valence-electron chi connectivity index (χ3n) is 3.33. The van der Waals surface area contributed by atoms with Gasteiger partial charge >= 0.3 is 7.12 Å². The van der Waals surface area contributed by atoms with Crippen molar-refractivity contribution in [3.63, 3.8) is 0 Å². The van der Waals surface area contributed by atoms with Crippen LogP contribution < -0.4 is 10.4 Å². The number of nitrogens with zero attached hydrogens (tertiary/aromatic N) is 1. The summed E-state index contributed by atoms with van der Waals surface area (Å²) in [7, 11) is 2.43. The van der Waals surface area contributed by atoms with Crippen LogP contribution in [0.2, 0.25) is 0 Å². The van der Waals surface area contributed by atoms with Crippen LogP contribution in [-0.4, -0.2) is 37.0 Å². The van der Waals surface area contributed by atoms with Crippen molar-refractivity contribution in [1.29, 1.82) is 0 Å². The van der Waals surface area contributed by atoms with E-state index < -0.39 is 7.12 Å². The first-order valence-corrected chi connectivity index (χ1v) is 6.93. The molecule has 0 unspecified atom stereocenters. The molecule has 0 fully saturated rings. The van der Waals surface area contributed by atoms with Crippen molar-refractivity contribution in [2.24, 2.45) is 0 Å². The number of allylic oxidation sites excluding steroid dienone is 1. The van der Waals surface area contributed by atoms with Crippen molar-refractivity contribution in [3.05, 3.63) is 65.7 Å². The molecule has 0 aliphatic carbocycles. The van der Waals surface area contributed by atoms with E-state index in [4.69, 9.17) is 10.0 Å². The number of carbonyl (C=O) groups is 1. The van der Waals surface area contributed by atoms with Gasteiger partial charge in [-0.2, -0.15) is 0 Å². The van der Waals surface area contributed by atoms with E-state index in [1.165, 1.54) is 18.2 Å². The molecule has 0 heterocycles. The largest absolute Gasteiger partial charge is 0.488 e. The second-order valence-corrected chi connectivity index (χ2v) is 5.18. The van der Waals surface area contributed by atoms with Gasteiger partial charge in [-0.05, 0) is 29.2 Å². The minimum atomic E-state index is -1.52. The fraction of sp³-hybridized carbons (Fsp3) is 0.118. The van der Waals surface area contributed by atoms with Crippen LogP contribution in [0.3, 0.4) is 0 Å². The summed E-state index contributed by atoms with van der Waals surface area (Å²) in [5.41, 5.74) is 2.91. The highest BCUT2D eigenvalue weighted by molar-refractivity contribution is 6.58. The maximum absolute atomic E-state index is 12.1. The van der Waals surface area contributed by atoms with Crippen LogP contribution in [0.15, 0.2) is 54.6 Å². The molecule has 0 aliphatic rings. The van der Waals surface area contributed by atoms with Gasteiger partial charge in [-0.25, -0.2) is 0 Å². The molecule has 2 aromatic carbocycles. The zero-order valence-corrected chi connectivity index (χ0v) is 12.6. The highest BCUT2D eigenvalue weighted by Gasteiger charge is 2.10. The van der Waals surface area contributed by atoms with Crippen molar-refractivity contribution in [2.45, 2.75) is 0 Å². The lowest BCUT2D eigenvalue weighted by atomic mass is 9.80. The molecule has 5 heteroatoms. The van der Waals surface area contributed by atoms with E-state index in [2.05, 4.69) is 0 Å². The fourth-order valence-corrected chi connectivity index (χ4v) is 1.97. The molecule has 0 aliphatic heterocycles. The van der Waals surface area contributed by atoms with Crippen LogP contribution in [0.4, 0.5) is 5.69 Å². The van der Waals surface area contributed by atoms with E-state index in [-0.39, 0.29) is 5.78 Å². The van der Waals surface area contributed by atoms with Gasteiger partial charge < -0.3 is 14.9 Å². The van der Waals surface area contributed by atoms with Crippen molar-refractivity contribution in [2.75, 3.05) is 19.0 Å². The summed E-state index contributed by atoms with van der Waals surface area (Å²) < 4.78 is 0. The molecule has 2 rings (SSSR count). The van der Waals surface area contributed by atoms with Crippen LogP contribution in [0.5, 0.6) is 0 Å². The van der Waals surface area contributed by atoms with Crippen LogP contribution in [0.25, 0.3) is 6.08 Å². The Kier molecular flexibility index (Phi) is 5.14. The van der Waals surface area contributed by atoms with Gasteiger partial charge in [0.05, 0.1) is 0 Å². The van der Waals surface area contributed by atoms with E-state index in [1.807, 2.05) is 43.3 Å². The van der Waals surface area contributed by atoms with Gasteiger partial charge in [0.15, 0.2) is 5.78 Å². The van der Waals surface area contributed by atoms with Gasteiger partial charge in [0.2, 0.25) is 0 Å². The lowest BCUT2D eigenvalue weighted by Gasteiger charge is -2.11. The van der Waals surface area contributed by atoms with Gasteiger partial charge in [-0.15, -0.1) is 0 Å². The zero-order chi connectivity index (χ0) is 16.1. The topological polar surface area (TPSA) is 60.8 Å². The maximum Gasteiger partial charge on any atom is 0.488 e. The van der Waals surface area contributed by atoms with Gasteiger partial charge in [0, 0.05) is 25.3 Å². The Hall–Kier alpha value is -2.37. The maximum atomic E-state index is 12.1. The van der Waals surface area contributed by atoms with Gasteiger partial charge in [-0.1, -0.05) is 42.5 Å². The van der Waals surface area contributed by atoms with Gasteiger partial charge in [0.25, 0.3) is 0 Å². The third kappa shape index (κ3) is 4.07. The SMILES string of the molecule is CN(C)c1ccc(C=CC(=O)c2ccc(B(O)O)cc2)cc1. The number of hydrogen-bond donors (Lipinski definition) is 2. The second-order valence-electron chi connectivity index (χ2n) is 5.18. The van der Waals surface area contributed by atoms with Crippen LogP contribution >= 0.6 is 0 Å². The number of hydrogen-bond acceptors (Lipinski definition) is 4. The molecule has 112 valence electrons. The molecule has 0 spiro atoms. The van der Waals surface area contributed by atoms with E-state index in [9.17, 15) is 4.79 Å². The minimum Gasteiger partial charge on any atom is -0.423 e. The molecule has 0 atom stereocenters. The van der Waals surface area contributed by atoms with E-state index >= 15 is 0 Å². The molecule has 4 nitrogen and oxygen atoms in total. The predicted molar refractivity (Wildman–Crippen MR) is 90.4 cm³/mol. The Morgan fingerprint density at radius 2 is 1.59 bits per heavy atom. The Morgan fingerprint density at radius 1 is 1.00 bits per heavy atom. The quantitative estimate of drug-likeness (QED) is 0.496. The molecule has 0 bridgehead atoms. The first kappa shape index (κ1) is 16.0. The van der Waals surface area contributed by atoms with Crippen LogP contribution in [0, 0.1) is 0 Å². The average Bonchev–Trinajstić information content (AvgIpc) is 2.53. The summed E-state index contributed by atoms with van der Waals surface area (Å²) >= 11 is 0. The second kappa shape index (κ2) is 7.07. The van der Waals surface area contributed by atoms with Crippen molar-refractivity contribution < 1.29 is 14.8 Å². The predicted octanol–water partition coefficient (Wildman–Crippen LogP) is 1.33. The van der Waals surface area contributed by atoms with E-state index in [1.54, 1.807) is 18.2 Å². The molecule has 0 aromatic heterocycles. The number of anilines is 1. The molecule has 0 saturated heterocycles. The minimum absolute atomic E-state index is 0.129. The first-order chi connectivity index (χ1) is 10.5. The highest BCUT2D eigenvalue weighted by atomic mass is 16.4. The summed E-state index contributed by atoms with van der Waals surface area (Å²) in [6.07, 6.45) is 3.27. The molecule has 22 heavy (non-hydrogen) atoms. The summed E-state index contributed by atoms with van der Waals surface area (Å²) in [5, 5.41) is 18.0. The lowest BCUT2D eigenvalue weighted by molar-refractivity contribution is 0.104. The monoisotopic (exact) mass is 295 g/mol. The molecule has 0 radical (unpaired) electrons. The first-order valence-electron chi connectivity index (χ1n) is 6.93. The standard InChI is InChI=1S/C17H18BNO3/c1-19(2)16-10-3-13(4-11-16)5-12-17(20)14-6-8-15(9-7-14)18(21)22/h3-12,21-22H,1-2H3. The third-order valence-corrected chi connectivity index (χ3v) is 3.33. The molecule has 2 N–H and O–H groups in total. The highest BCUT2D eigenvalue weighted by Crippen LogP contribution is 2.13. The smallest absolute Gasteiger partial charge is 0.423 e. The Balaban J connectivity index is 2.07. The van der Waals surface area contributed by atoms with Crippen molar-refractivity contribution in [3.8, 4) is 0 Å². The van der Waals surface area contributed by atoms with Gasteiger partial charge in [0.1, 0.15) is 0 Å². The summed E-state index contributed by atoms with van der Waals surface area (Å²) in [5.74, 6) is -0.129. The Labute approximate surface area is 130 Å². The molecule has 0 saturated carbocycles. The number of carbonyl (C=O) groups excluding carboxylic acids is 1. The van der Waals surface area contributed by atoms with E-state index in [0.717, 1.165) is 11.3 Å². The van der Waals surface area contributed by atoms with Gasteiger partial charge in [-0.3, -0.25) is 4.79 Å². The molecular formula is C17H18BNO3. The van der Waals surface area contributed by atoms with E-state index in [0.29, 0.717) is 11.0 Å². The fourth-order valence-electron chi connectivity index (χ4n) is 1.97.